The summed E-state index contributed by atoms with van der Waals surface area (Å²) in [5, 5.41) is 2.97. The highest BCUT2D eigenvalue weighted by Crippen LogP contribution is 2.26. The molecule has 8 heteroatoms. The molecule has 1 fully saturated rings. The van der Waals surface area contributed by atoms with E-state index in [4.69, 9.17) is 4.74 Å². The molecule has 1 aliphatic rings. The molecule has 3 rings (SSSR count). The van der Waals surface area contributed by atoms with Crippen molar-refractivity contribution in [3.63, 3.8) is 0 Å². The molecular weight excluding hydrogens is 426 g/mol. The maximum Gasteiger partial charge on any atom is 0.244 e. The van der Waals surface area contributed by atoms with Crippen LogP contribution in [0.3, 0.4) is 0 Å². The van der Waals surface area contributed by atoms with E-state index in [0.29, 0.717) is 24.4 Å². The van der Waals surface area contributed by atoms with E-state index in [-0.39, 0.29) is 5.91 Å². The van der Waals surface area contributed by atoms with E-state index in [9.17, 15) is 13.2 Å². The Labute approximate surface area is 191 Å². The van der Waals surface area contributed by atoms with Crippen molar-refractivity contribution in [3.8, 4) is 5.75 Å². The Morgan fingerprint density at radius 3 is 2.44 bits per heavy atom. The predicted molar refractivity (Wildman–Crippen MR) is 127 cm³/mol. The number of likely N-dealkylation sites (tertiary alicyclic amines) is 1. The van der Waals surface area contributed by atoms with E-state index < -0.39 is 16.1 Å². The zero-order valence-electron chi connectivity index (χ0n) is 19.1. The van der Waals surface area contributed by atoms with Gasteiger partial charge in [-0.1, -0.05) is 37.3 Å². The fraction of sp³-hybridized carbons (Fsp3) is 0.458. The SMILES string of the molecule is CCC(C(=O)NCc1ccccc1CN1CCCC1)N(c1cccc(OC)c1)S(C)(=O)=O. The third kappa shape index (κ3) is 6.01. The highest BCUT2D eigenvalue weighted by molar-refractivity contribution is 7.92. The molecule has 0 radical (unpaired) electrons. The molecule has 174 valence electrons. The van der Waals surface area contributed by atoms with Gasteiger partial charge in [0.25, 0.3) is 0 Å². The number of amides is 1. The molecule has 1 N–H and O–H groups in total. The van der Waals surface area contributed by atoms with Crippen molar-refractivity contribution in [1.82, 2.24) is 10.2 Å². The molecule has 0 saturated carbocycles. The molecule has 1 saturated heterocycles. The number of carbonyl (C=O) groups excluding carboxylic acids is 1. The monoisotopic (exact) mass is 459 g/mol. The first-order valence-electron chi connectivity index (χ1n) is 11.0. The minimum absolute atomic E-state index is 0.322. The molecule has 1 amide bonds. The Balaban J connectivity index is 1.77. The van der Waals surface area contributed by atoms with Crippen molar-refractivity contribution in [2.75, 3.05) is 30.8 Å². The van der Waals surface area contributed by atoms with Crippen molar-refractivity contribution >= 4 is 21.6 Å². The molecule has 32 heavy (non-hydrogen) atoms. The molecule has 1 aliphatic heterocycles. The van der Waals surface area contributed by atoms with Gasteiger partial charge in [-0.2, -0.15) is 0 Å². The molecule has 0 aliphatic carbocycles. The number of anilines is 1. The summed E-state index contributed by atoms with van der Waals surface area (Å²) in [6, 6.07) is 14.0. The van der Waals surface area contributed by atoms with E-state index in [1.54, 1.807) is 24.3 Å². The minimum Gasteiger partial charge on any atom is -0.497 e. The zero-order chi connectivity index (χ0) is 23.1. The van der Waals surface area contributed by atoms with E-state index in [1.807, 2.05) is 25.1 Å². The van der Waals surface area contributed by atoms with E-state index in [2.05, 4.69) is 16.3 Å². The van der Waals surface area contributed by atoms with E-state index >= 15 is 0 Å². The van der Waals surface area contributed by atoms with E-state index in [1.165, 1.54) is 29.8 Å². The summed E-state index contributed by atoms with van der Waals surface area (Å²) in [4.78, 5) is 15.6. The van der Waals surface area contributed by atoms with E-state index in [0.717, 1.165) is 31.5 Å². The van der Waals surface area contributed by atoms with Crippen LogP contribution in [-0.2, 0) is 27.9 Å². The van der Waals surface area contributed by atoms with Crippen molar-refractivity contribution in [2.24, 2.45) is 0 Å². The summed E-state index contributed by atoms with van der Waals surface area (Å²) in [6.07, 6.45) is 3.91. The lowest BCUT2D eigenvalue weighted by Crippen LogP contribution is -2.49. The number of ether oxygens (including phenoxy) is 1. The predicted octanol–water partition coefficient (Wildman–Crippen LogP) is 3.15. The molecule has 7 nitrogen and oxygen atoms in total. The van der Waals surface area contributed by atoms with Crippen molar-refractivity contribution in [1.29, 1.82) is 0 Å². The van der Waals surface area contributed by atoms with Gasteiger partial charge < -0.3 is 10.1 Å². The molecule has 0 aromatic heterocycles. The largest absolute Gasteiger partial charge is 0.497 e. The quantitative estimate of drug-likeness (QED) is 0.591. The molecule has 2 aromatic rings. The standard InChI is InChI=1S/C24H33N3O4S/c1-4-23(27(32(3,29)30)21-12-9-13-22(16-21)31-2)24(28)25-17-19-10-5-6-11-20(19)18-26-14-7-8-15-26/h5-6,9-13,16,23H,4,7-8,14-15,17-18H2,1-3H3,(H,25,28). The lowest BCUT2D eigenvalue weighted by atomic mass is 10.1. The Morgan fingerprint density at radius 1 is 1.12 bits per heavy atom. The highest BCUT2D eigenvalue weighted by Gasteiger charge is 2.31. The number of nitrogens with zero attached hydrogens (tertiary/aromatic N) is 2. The maximum atomic E-state index is 13.2. The highest BCUT2D eigenvalue weighted by atomic mass is 32.2. The number of methoxy groups -OCH3 is 1. The first kappa shape index (κ1) is 24.1. The summed E-state index contributed by atoms with van der Waals surface area (Å²) in [7, 11) is -2.17. The number of carbonyl (C=O) groups is 1. The number of rotatable bonds is 10. The second-order valence-electron chi connectivity index (χ2n) is 8.15. The van der Waals surface area contributed by atoms with Crippen LogP contribution >= 0.6 is 0 Å². The average molecular weight is 460 g/mol. The minimum atomic E-state index is -3.70. The van der Waals surface area contributed by atoms with Crippen LogP contribution in [-0.4, -0.2) is 51.7 Å². The van der Waals surface area contributed by atoms with Gasteiger partial charge in [-0.05, 0) is 55.6 Å². The van der Waals surface area contributed by atoms with Gasteiger partial charge in [-0.3, -0.25) is 14.0 Å². The number of nitrogens with one attached hydrogen (secondary N) is 1. The van der Waals surface area contributed by atoms with Gasteiger partial charge in [0.2, 0.25) is 15.9 Å². The third-order valence-electron chi connectivity index (χ3n) is 5.80. The van der Waals surface area contributed by atoms with Gasteiger partial charge in [0, 0.05) is 19.2 Å². The van der Waals surface area contributed by atoms with Crippen molar-refractivity contribution in [3.05, 3.63) is 59.7 Å². The van der Waals surface area contributed by atoms with Crippen LogP contribution in [0.4, 0.5) is 5.69 Å². The molecule has 0 spiro atoms. The Kier molecular flexibility index (Phi) is 8.15. The number of hydrogen-bond acceptors (Lipinski definition) is 5. The first-order chi connectivity index (χ1) is 15.3. The fourth-order valence-corrected chi connectivity index (χ4v) is 5.38. The molecule has 2 aromatic carbocycles. The normalized spacial score (nSPS) is 15.3. The summed E-state index contributed by atoms with van der Waals surface area (Å²) < 4.78 is 31.7. The van der Waals surface area contributed by atoms with Crippen LogP contribution in [0.2, 0.25) is 0 Å². The number of benzene rings is 2. The van der Waals surface area contributed by atoms with Gasteiger partial charge in [0.1, 0.15) is 11.8 Å². The molecule has 1 heterocycles. The van der Waals surface area contributed by atoms with Crippen LogP contribution in [0.25, 0.3) is 0 Å². The second-order valence-corrected chi connectivity index (χ2v) is 10.0. The maximum absolute atomic E-state index is 13.2. The zero-order valence-corrected chi connectivity index (χ0v) is 19.9. The number of hydrogen-bond donors (Lipinski definition) is 1. The number of sulfonamides is 1. The van der Waals surface area contributed by atoms with Crippen LogP contribution in [0.1, 0.15) is 37.3 Å². The van der Waals surface area contributed by atoms with Crippen molar-refractivity contribution in [2.45, 2.75) is 45.3 Å². The third-order valence-corrected chi connectivity index (χ3v) is 6.98. The van der Waals surface area contributed by atoms with Crippen LogP contribution in [0.5, 0.6) is 5.75 Å². The average Bonchev–Trinajstić information content (AvgIpc) is 3.28. The topological polar surface area (TPSA) is 79.0 Å². The van der Waals surface area contributed by atoms with Gasteiger partial charge in [0.15, 0.2) is 0 Å². The van der Waals surface area contributed by atoms with Crippen LogP contribution in [0.15, 0.2) is 48.5 Å². The Bertz CT molecular complexity index is 1020. The Hall–Kier alpha value is -2.58. The molecular formula is C24H33N3O4S. The van der Waals surface area contributed by atoms with Crippen LogP contribution < -0.4 is 14.4 Å². The summed E-state index contributed by atoms with van der Waals surface area (Å²) >= 11 is 0. The smallest absolute Gasteiger partial charge is 0.244 e. The van der Waals surface area contributed by atoms with Crippen LogP contribution in [0, 0.1) is 0 Å². The second kappa shape index (κ2) is 10.8. The summed E-state index contributed by atoms with van der Waals surface area (Å²) in [6.45, 7) is 5.23. The van der Waals surface area contributed by atoms with Gasteiger partial charge in [-0.15, -0.1) is 0 Å². The van der Waals surface area contributed by atoms with Gasteiger partial charge >= 0.3 is 0 Å². The van der Waals surface area contributed by atoms with Gasteiger partial charge in [0.05, 0.1) is 19.1 Å². The molecule has 1 atom stereocenters. The molecule has 0 bridgehead atoms. The Morgan fingerprint density at radius 2 is 1.81 bits per heavy atom. The van der Waals surface area contributed by atoms with Crippen molar-refractivity contribution < 1.29 is 17.9 Å². The lowest BCUT2D eigenvalue weighted by molar-refractivity contribution is -0.122. The summed E-state index contributed by atoms with van der Waals surface area (Å²) in [5.74, 6) is 0.207. The molecule has 1 unspecified atom stereocenters. The fourth-order valence-electron chi connectivity index (χ4n) is 4.17. The first-order valence-corrected chi connectivity index (χ1v) is 12.9. The lowest BCUT2D eigenvalue weighted by Gasteiger charge is -2.30. The van der Waals surface area contributed by atoms with Gasteiger partial charge in [-0.25, -0.2) is 8.42 Å². The summed E-state index contributed by atoms with van der Waals surface area (Å²) in [5.41, 5.74) is 2.65.